The summed E-state index contributed by atoms with van der Waals surface area (Å²) < 4.78 is 3.48. The van der Waals surface area contributed by atoms with Crippen molar-refractivity contribution >= 4 is 5.91 Å². The normalized spacial score (nSPS) is 14.9. The van der Waals surface area contributed by atoms with Gasteiger partial charge in [0.1, 0.15) is 12.4 Å². The maximum Gasteiger partial charge on any atom is 0.347 e. The van der Waals surface area contributed by atoms with E-state index in [9.17, 15) is 9.59 Å². The standard InChI is InChI=1S/C20H22N6O2/c27-18(15-26-10-3-8-23-20(26)28)24-11-5-16(6-12-24)19-22-9-13-25(19)14-17-4-1-2-7-21-17/h1-4,7-10,13,16H,5-6,11-12,14-15H2. The molecule has 0 unspecified atom stereocenters. The molecule has 3 aromatic heterocycles. The number of carbonyl (C=O) groups excluding carboxylic acids is 1. The highest BCUT2D eigenvalue weighted by molar-refractivity contribution is 5.76. The Bertz CT molecular complexity index is 989. The van der Waals surface area contributed by atoms with Crippen molar-refractivity contribution in [1.82, 2.24) is 29.0 Å². The molecule has 0 aliphatic carbocycles. The summed E-state index contributed by atoms with van der Waals surface area (Å²) in [5.41, 5.74) is 0.596. The molecule has 144 valence electrons. The third kappa shape index (κ3) is 4.00. The first-order chi connectivity index (χ1) is 13.7. The molecule has 0 spiro atoms. The van der Waals surface area contributed by atoms with E-state index in [0.717, 1.165) is 24.4 Å². The molecule has 4 rings (SSSR count). The van der Waals surface area contributed by atoms with Gasteiger partial charge in [0.25, 0.3) is 0 Å². The van der Waals surface area contributed by atoms with Crippen LogP contribution in [0.3, 0.4) is 0 Å². The maximum absolute atomic E-state index is 12.5. The molecule has 8 heteroatoms. The van der Waals surface area contributed by atoms with Crippen molar-refractivity contribution in [2.24, 2.45) is 0 Å². The van der Waals surface area contributed by atoms with Crippen LogP contribution in [0.2, 0.25) is 0 Å². The van der Waals surface area contributed by atoms with Gasteiger partial charge in [-0.1, -0.05) is 6.07 Å². The molecule has 0 N–H and O–H groups in total. The second-order valence-corrected chi connectivity index (χ2v) is 6.92. The zero-order valence-corrected chi connectivity index (χ0v) is 15.5. The number of pyridine rings is 1. The van der Waals surface area contributed by atoms with E-state index in [1.807, 2.05) is 35.5 Å². The summed E-state index contributed by atoms with van der Waals surface area (Å²) in [6.07, 6.45) is 10.3. The van der Waals surface area contributed by atoms with E-state index < -0.39 is 5.69 Å². The molecule has 3 aromatic rings. The molecule has 0 saturated carbocycles. The Morgan fingerprint density at radius 1 is 0.964 bits per heavy atom. The van der Waals surface area contributed by atoms with Gasteiger partial charge in [-0.05, 0) is 31.0 Å². The summed E-state index contributed by atoms with van der Waals surface area (Å²) in [5.74, 6) is 1.30. The number of aromatic nitrogens is 5. The number of hydrogen-bond acceptors (Lipinski definition) is 5. The lowest BCUT2D eigenvalue weighted by molar-refractivity contribution is -0.133. The van der Waals surface area contributed by atoms with Gasteiger partial charge in [-0.3, -0.25) is 14.3 Å². The predicted molar refractivity (Wildman–Crippen MR) is 103 cm³/mol. The molecule has 0 bridgehead atoms. The summed E-state index contributed by atoms with van der Waals surface area (Å²) in [6.45, 7) is 2.05. The maximum atomic E-state index is 12.5. The average Bonchev–Trinajstić information content (AvgIpc) is 3.18. The fraction of sp³-hybridized carbons (Fsp3) is 0.350. The monoisotopic (exact) mass is 378 g/mol. The zero-order chi connectivity index (χ0) is 19.3. The van der Waals surface area contributed by atoms with Gasteiger partial charge < -0.3 is 9.47 Å². The SMILES string of the molecule is O=C(Cn1cccnc1=O)N1CCC(c2nccn2Cc2ccccn2)CC1. The molecule has 28 heavy (non-hydrogen) atoms. The Hall–Kier alpha value is -3.29. The van der Waals surface area contributed by atoms with Crippen LogP contribution in [0.15, 0.2) is 60.0 Å². The third-order valence-electron chi connectivity index (χ3n) is 5.11. The number of piperidine rings is 1. The minimum Gasteiger partial charge on any atom is -0.341 e. The minimum absolute atomic E-state index is 0.0334. The highest BCUT2D eigenvalue weighted by Gasteiger charge is 2.26. The van der Waals surface area contributed by atoms with Gasteiger partial charge in [-0.15, -0.1) is 0 Å². The lowest BCUT2D eigenvalue weighted by atomic mass is 9.95. The molecule has 0 atom stereocenters. The van der Waals surface area contributed by atoms with Gasteiger partial charge in [0.05, 0.1) is 12.2 Å². The van der Waals surface area contributed by atoms with Crippen LogP contribution in [0.1, 0.15) is 30.3 Å². The largest absolute Gasteiger partial charge is 0.347 e. The molecule has 1 aliphatic heterocycles. The van der Waals surface area contributed by atoms with Gasteiger partial charge in [-0.25, -0.2) is 14.8 Å². The van der Waals surface area contributed by atoms with Crippen LogP contribution >= 0.6 is 0 Å². The van der Waals surface area contributed by atoms with Crippen LogP contribution in [0, 0.1) is 0 Å². The zero-order valence-electron chi connectivity index (χ0n) is 15.5. The highest BCUT2D eigenvalue weighted by Crippen LogP contribution is 2.27. The molecular formula is C20H22N6O2. The first-order valence-electron chi connectivity index (χ1n) is 9.41. The molecule has 0 aromatic carbocycles. The number of nitrogens with zero attached hydrogens (tertiary/aromatic N) is 6. The van der Waals surface area contributed by atoms with Gasteiger partial charge in [-0.2, -0.15) is 0 Å². The number of hydrogen-bond donors (Lipinski definition) is 0. The lowest BCUT2D eigenvalue weighted by Gasteiger charge is -2.32. The lowest BCUT2D eigenvalue weighted by Crippen LogP contribution is -2.41. The van der Waals surface area contributed by atoms with Crippen molar-refractivity contribution < 1.29 is 4.79 Å². The van der Waals surface area contributed by atoms with Crippen molar-refractivity contribution in [3.63, 3.8) is 0 Å². The molecular weight excluding hydrogens is 356 g/mol. The fourth-order valence-corrected chi connectivity index (χ4v) is 3.62. The van der Waals surface area contributed by atoms with Crippen LogP contribution in [0.5, 0.6) is 0 Å². The number of carbonyl (C=O) groups is 1. The van der Waals surface area contributed by atoms with Crippen LogP contribution in [-0.4, -0.2) is 48.0 Å². The predicted octanol–water partition coefficient (Wildman–Crippen LogP) is 1.29. The van der Waals surface area contributed by atoms with E-state index >= 15 is 0 Å². The number of likely N-dealkylation sites (tertiary alicyclic amines) is 1. The van der Waals surface area contributed by atoms with E-state index in [1.165, 1.54) is 10.8 Å². The Morgan fingerprint density at radius 2 is 1.79 bits per heavy atom. The van der Waals surface area contributed by atoms with E-state index in [2.05, 4.69) is 19.5 Å². The van der Waals surface area contributed by atoms with E-state index in [4.69, 9.17) is 0 Å². The first-order valence-corrected chi connectivity index (χ1v) is 9.41. The van der Waals surface area contributed by atoms with E-state index in [1.54, 1.807) is 18.5 Å². The molecule has 4 heterocycles. The molecule has 1 amide bonds. The topological polar surface area (TPSA) is 85.9 Å². The third-order valence-corrected chi connectivity index (χ3v) is 5.11. The van der Waals surface area contributed by atoms with Crippen molar-refractivity contribution in [3.8, 4) is 0 Å². The van der Waals surface area contributed by atoms with Crippen molar-refractivity contribution in [1.29, 1.82) is 0 Å². The summed E-state index contributed by atoms with van der Waals surface area (Å²) in [4.78, 5) is 38.7. The van der Waals surface area contributed by atoms with Gasteiger partial charge >= 0.3 is 5.69 Å². The number of rotatable bonds is 5. The summed E-state index contributed by atoms with van der Waals surface area (Å²) >= 11 is 0. The second-order valence-electron chi connectivity index (χ2n) is 6.92. The Labute approximate surface area is 162 Å². The number of imidazole rings is 1. The fourth-order valence-electron chi connectivity index (χ4n) is 3.62. The second kappa shape index (κ2) is 8.16. The van der Waals surface area contributed by atoms with Crippen LogP contribution in [0.25, 0.3) is 0 Å². The van der Waals surface area contributed by atoms with Crippen molar-refractivity contribution in [3.05, 3.63) is 77.3 Å². The highest BCUT2D eigenvalue weighted by atomic mass is 16.2. The van der Waals surface area contributed by atoms with Gasteiger partial charge in [0, 0.05) is 50.0 Å². The minimum atomic E-state index is -0.401. The van der Waals surface area contributed by atoms with E-state index in [0.29, 0.717) is 25.6 Å². The first kappa shape index (κ1) is 18.1. The molecule has 0 radical (unpaired) electrons. The molecule has 1 fully saturated rings. The van der Waals surface area contributed by atoms with Gasteiger partial charge in [0.2, 0.25) is 5.91 Å². The summed E-state index contributed by atoms with van der Waals surface area (Å²) in [6, 6.07) is 7.55. The molecule has 1 saturated heterocycles. The molecule has 1 aliphatic rings. The summed E-state index contributed by atoms with van der Waals surface area (Å²) in [5, 5.41) is 0. The summed E-state index contributed by atoms with van der Waals surface area (Å²) in [7, 11) is 0. The smallest absolute Gasteiger partial charge is 0.341 e. The van der Waals surface area contributed by atoms with Crippen LogP contribution < -0.4 is 5.69 Å². The van der Waals surface area contributed by atoms with Crippen LogP contribution in [0.4, 0.5) is 0 Å². The van der Waals surface area contributed by atoms with Crippen LogP contribution in [-0.2, 0) is 17.9 Å². The number of amides is 1. The van der Waals surface area contributed by atoms with Crippen molar-refractivity contribution in [2.45, 2.75) is 31.8 Å². The van der Waals surface area contributed by atoms with E-state index in [-0.39, 0.29) is 12.5 Å². The van der Waals surface area contributed by atoms with Gasteiger partial charge in [0.15, 0.2) is 0 Å². The Balaban J connectivity index is 1.37. The Morgan fingerprint density at radius 3 is 2.54 bits per heavy atom. The van der Waals surface area contributed by atoms with Crippen molar-refractivity contribution in [2.75, 3.05) is 13.1 Å². The molecule has 8 nitrogen and oxygen atoms in total. The Kier molecular flexibility index (Phi) is 5.27. The quantitative estimate of drug-likeness (QED) is 0.668. The average molecular weight is 378 g/mol.